The van der Waals surface area contributed by atoms with Gasteiger partial charge in [0.15, 0.2) is 0 Å². The zero-order valence-electron chi connectivity index (χ0n) is 10.4. The van der Waals surface area contributed by atoms with Crippen LogP contribution in [0.3, 0.4) is 0 Å². The van der Waals surface area contributed by atoms with Gasteiger partial charge in [-0.2, -0.15) is 0 Å². The van der Waals surface area contributed by atoms with Gasteiger partial charge in [0.2, 0.25) is 5.91 Å². The van der Waals surface area contributed by atoms with Crippen LogP contribution < -0.4 is 10.6 Å². The van der Waals surface area contributed by atoms with Crippen molar-refractivity contribution in [2.24, 2.45) is 5.92 Å². The summed E-state index contributed by atoms with van der Waals surface area (Å²) in [5.41, 5.74) is 0. The van der Waals surface area contributed by atoms with Crippen molar-refractivity contribution < 1.29 is 14.3 Å². The van der Waals surface area contributed by atoms with Gasteiger partial charge in [0.25, 0.3) is 0 Å². The summed E-state index contributed by atoms with van der Waals surface area (Å²) in [6.45, 7) is 3.14. The summed E-state index contributed by atoms with van der Waals surface area (Å²) >= 11 is 0. The molecule has 1 amide bonds. The number of nitrogens with one attached hydrogen (secondary N) is 2. The Hall–Kier alpha value is -0.650. The van der Waals surface area contributed by atoms with Crippen molar-refractivity contribution in [2.75, 3.05) is 33.4 Å². The number of carbonyl (C=O) groups excluding carboxylic acids is 1. The van der Waals surface area contributed by atoms with E-state index in [4.69, 9.17) is 9.47 Å². The molecule has 0 radical (unpaired) electrons. The molecule has 17 heavy (non-hydrogen) atoms. The second-order valence-electron chi connectivity index (χ2n) is 4.88. The van der Waals surface area contributed by atoms with Crippen LogP contribution >= 0.6 is 0 Å². The molecular formula is C12H22N2O3. The normalized spacial score (nSPS) is 33.6. The SMILES string of the molecule is COC1CNC(C(=O)NCC2CCCOC2)C1. The molecule has 2 saturated heterocycles. The molecule has 98 valence electrons. The van der Waals surface area contributed by atoms with E-state index in [1.165, 1.54) is 0 Å². The monoisotopic (exact) mass is 242 g/mol. The molecule has 2 aliphatic heterocycles. The maximum Gasteiger partial charge on any atom is 0.237 e. The smallest absolute Gasteiger partial charge is 0.237 e. The lowest BCUT2D eigenvalue weighted by Crippen LogP contribution is -2.43. The molecule has 0 aromatic rings. The molecule has 0 aliphatic carbocycles. The van der Waals surface area contributed by atoms with E-state index in [1.54, 1.807) is 7.11 Å². The molecule has 2 rings (SSSR count). The van der Waals surface area contributed by atoms with Crippen LogP contribution in [0.2, 0.25) is 0 Å². The summed E-state index contributed by atoms with van der Waals surface area (Å²) in [5.74, 6) is 0.572. The molecule has 0 aromatic carbocycles. The second-order valence-corrected chi connectivity index (χ2v) is 4.88. The topological polar surface area (TPSA) is 59.6 Å². The van der Waals surface area contributed by atoms with Crippen LogP contribution in [0.15, 0.2) is 0 Å². The predicted octanol–water partition coefficient (Wildman–Crippen LogP) is -0.0939. The third-order valence-corrected chi connectivity index (χ3v) is 3.56. The fourth-order valence-electron chi connectivity index (χ4n) is 2.42. The maximum absolute atomic E-state index is 11.9. The summed E-state index contributed by atoms with van der Waals surface area (Å²) in [5, 5.41) is 6.18. The number of rotatable bonds is 4. The lowest BCUT2D eigenvalue weighted by Gasteiger charge is -2.23. The third-order valence-electron chi connectivity index (χ3n) is 3.56. The summed E-state index contributed by atoms with van der Waals surface area (Å²) < 4.78 is 10.6. The molecule has 3 atom stereocenters. The Morgan fingerprint density at radius 2 is 2.47 bits per heavy atom. The molecule has 0 spiro atoms. The molecule has 0 saturated carbocycles. The number of hydrogen-bond donors (Lipinski definition) is 2. The second kappa shape index (κ2) is 6.33. The molecule has 2 aliphatic rings. The van der Waals surface area contributed by atoms with E-state index in [-0.39, 0.29) is 18.1 Å². The van der Waals surface area contributed by atoms with Crippen molar-refractivity contribution in [3.05, 3.63) is 0 Å². The van der Waals surface area contributed by atoms with Gasteiger partial charge in [0.1, 0.15) is 0 Å². The van der Waals surface area contributed by atoms with Crippen LogP contribution in [0.4, 0.5) is 0 Å². The molecule has 5 nitrogen and oxygen atoms in total. The number of carbonyl (C=O) groups is 1. The summed E-state index contributed by atoms with van der Waals surface area (Å²) in [6.07, 6.45) is 3.19. The minimum Gasteiger partial charge on any atom is -0.381 e. The van der Waals surface area contributed by atoms with Crippen molar-refractivity contribution in [3.8, 4) is 0 Å². The van der Waals surface area contributed by atoms with Crippen LogP contribution in [0.25, 0.3) is 0 Å². The first-order valence-electron chi connectivity index (χ1n) is 6.41. The van der Waals surface area contributed by atoms with Crippen molar-refractivity contribution >= 4 is 5.91 Å². The van der Waals surface area contributed by atoms with E-state index in [0.29, 0.717) is 5.92 Å². The highest BCUT2D eigenvalue weighted by molar-refractivity contribution is 5.82. The van der Waals surface area contributed by atoms with Crippen molar-refractivity contribution in [1.82, 2.24) is 10.6 Å². The van der Waals surface area contributed by atoms with Crippen molar-refractivity contribution in [2.45, 2.75) is 31.4 Å². The highest BCUT2D eigenvalue weighted by Crippen LogP contribution is 2.13. The highest BCUT2D eigenvalue weighted by Gasteiger charge is 2.29. The summed E-state index contributed by atoms with van der Waals surface area (Å²) in [7, 11) is 1.69. The van der Waals surface area contributed by atoms with Gasteiger partial charge in [-0.3, -0.25) is 4.79 Å². The van der Waals surface area contributed by atoms with Gasteiger partial charge < -0.3 is 20.1 Å². The molecule has 3 unspecified atom stereocenters. The van der Waals surface area contributed by atoms with Gasteiger partial charge in [-0.1, -0.05) is 0 Å². The van der Waals surface area contributed by atoms with E-state index in [9.17, 15) is 4.79 Å². The fourth-order valence-corrected chi connectivity index (χ4v) is 2.42. The number of amides is 1. The van der Waals surface area contributed by atoms with Crippen molar-refractivity contribution in [1.29, 1.82) is 0 Å². The van der Waals surface area contributed by atoms with Crippen LogP contribution in [0.1, 0.15) is 19.3 Å². The van der Waals surface area contributed by atoms with E-state index in [1.807, 2.05) is 0 Å². The van der Waals surface area contributed by atoms with Crippen LogP contribution in [0.5, 0.6) is 0 Å². The quantitative estimate of drug-likeness (QED) is 0.723. The predicted molar refractivity (Wildman–Crippen MR) is 63.8 cm³/mol. The first kappa shape index (κ1) is 12.8. The lowest BCUT2D eigenvalue weighted by atomic mass is 10.0. The molecular weight excluding hydrogens is 220 g/mol. The van der Waals surface area contributed by atoms with E-state index < -0.39 is 0 Å². The van der Waals surface area contributed by atoms with Crippen LogP contribution in [-0.2, 0) is 14.3 Å². The van der Waals surface area contributed by atoms with Crippen molar-refractivity contribution in [3.63, 3.8) is 0 Å². The molecule has 0 aromatic heterocycles. The molecule has 2 N–H and O–H groups in total. The van der Waals surface area contributed by atoms with Gasteiger partial charge in [0.05, 0.1) is 18.8 Å². The lowest BCUT2D eigenvalue weighted by molar-refractivity contribution is -0.123. The maximum atomic E-state index is 11.9. The zero-order valence-corrected chi connectivity index (χ0v) is 10.4. The third kappa shape index (κ3) is 3.66. The Balaban J connectivity index is 1.66. The van der Waals surface area contributed by atoms with Gasteiger partial charge in [0, 0.05) is 26.8 Å². The molecule has 2 heterocycles. The fraction of sp³-hybridized carbons (Fsp3) is 0.917. The molecule has 5 heteroatoms. The minimum atomic E-state index is -0.0931. The van der Waals surface area contributed by atoms with E-state index in [0.717, 1.165) is 45.6 Å². The molecule has 2 fully saturated rings. The Morgan fingerprint density at radius 3 is 3.12 bits per heavy atom. The van der Waals surface area contributed by atoms with Crippen LogP contribution in [0, 0.1) is 5.92 Å². The van der Waals surface area contributed by atoms with Gasteiger partial charge in [-0.15, -0.1) is 0 Å². The highest BCUT2D eigenvalue weighted by atomic mass is 16.5. The summed E-state index contributed by atoms with van der Waals surface area (Å²) in [4.78, 5) is 11.9. The number of ether oxygens (including phenoxy) is 2. The number of hydrogen-bond acceptors (Lipinski definition) is 4. The largest absolute Gasteiger partial charge is 0.381 e. The van der Waals surface area contributed by atoms with Gasteiger partial charge in [-0.25, -0.2) is 0 Å². The average molecular weight is 242 g/mol. The Labute approximate surface area is 102 Å². The Morgan fingerprint density at radius 1 is 1.59 bits per heavy atom. The molecule has 0 bridgehead atoms. The van der Waals surface area contributed by atoms with Gasteiger partial charge >= 0.3 is 0 Å². The standard InChI is InChI=1S/C12H22N2O3/c1-16-10-5-11(13-7-10)12(15)14-6-9-3-2-4-17-8-9/h9-11,13H,2-8H2,1H3,(H,14,15). The zero-order chi connectivity index (χ0) is 12.1. The summed E-state index contributed by atoms with van der Waals surface area (Å²) in [6, 6.07) is -0.0931. The number of methoxy groups -OCH3 is 1. The van der Waals surface area contributed by atoms with Gasteiger partial charge in [-0.05, 0) is 25.2 Å². The van der Waals surface area contributed by atoms with E-state index in [2.05, 4.69) is 10.6 Å². The first-order valence-corrected chi connectivity index (χ1v) is 6.41. The minimum absolute atomic E-state index is 0.0927. The Bertz CT molecular complexity index is 254. The average Bonchev–Trinajstić information content (AvgIpc) is 2.86. The first-order chi connectivity index (χ1) is 8.29. The Kier molecular flexibility index (Phi) is 4.76. The van der Waals surface area contributed by atoms with Crippen LogP contribution in [-0.4, -0.2) is 51.5 Å². The van der Waals surface area contributed by atoms with E-state index >= 15 is 0 Å².